The van der Waals surface area contributed by atoms with Crippen molar-refractivity contribution in [2.45, 2.75) is 19.4 Å². The largest absolute Gasteiger partial charge is 0.355 e. The number of nitrogens with zero attached hydrogens (tertiary/aromatic N) is 7. The van der Waals surface area contributed by atoms with E-state index in [4.69, 9.17) is 0 Å². The van der Waals surface area contributed by atoms with Crippen molar-refractivity contribution >= 4 is 11.3 Å². The number of piperidine rings is 1. The lowest BCUT2D eigenvalue weighted by Gasteiger charge is -2.33. The normalized spacial score (nSPS) is 15.1. The molecule has 4 aromatic rings. The van der Waals surface area contributed by atoms with Gasteiger partial charge in [0, 0.05) is 56.1 Å². The molecule has 5 rings (SSSR count). The number of rotatable bonds is 4. The van der Waals surface area contributed by atoms with Gasteiger partial charge in [-0.25, -0.2) is 14.2 Å². The molecule has 0 spiro atoms. The number of aromatic nitrogens is 6. The van der Waals surface area contributed by atoms with Gasteiger partial charge in [-0.15, -0.1) is 0 Å². The molecule has 1 aliphatic heterocycles. The Labute approximate surface area is 167 Å². The summed E-state index contributed by atoms with van der Waals surface area (Å²) in [4.78, 5) is 23.2. The van der Waals surface area contributed by atoms with E-state index in [9.17, 15) is 4.79 Å². The van der Waals surface area contributed by atoms with Crippen LogP contribution in [0.1, 0.15) is 12.8 Å². The van der Waals surface area contributed by atoms with E-state index in [2.05, 4.69) is 25.1 Å². The zero-order valence-corrected chi connectivity index (χ0v) is 15.9. The van der Waals surface area contributed by atoms with Gasteiger partial charge in [-0.2, -0.15) is 10.2 Å². The third-order valence-corrected chi connectivity index (χ3v) is 5.49. The molecule has 1 saturated heterocycles. The maximum Gasteiger partial charge on any atom is 0.266 e. The van der Waals surface area contributed by atoms with Gasteiger partial charge in [-0.1, -0.05) is 0 Å². The second kappa shape index (κ2) is 7.46. The molecule has 8 nitrogen and oxygen atoms in total. The van der Waals surface area contributed by atoms with Gasteiger partial charge in [0.2, 0.25) is 0 Å². The summed E-state index contributed by atoms with van der Waals surface area (Å²) in [7, 11) is 0. The smallest absolute Gasteiger partial charge is 0.266 e. The standard InChI is InChI=1S/C21H21N7O/c29-20-2-1-18(17-3-8-22-9-4-17)25-28(20)15-16-6-12-26(13-7-16)21-19-5-10-24-27(19)14-11-23-21/h1-5,8-11,14,16H,6-7,12-13,15H2. The van der Waals surface area contributed by atoms with Gasteiger partial charge in [0.1, 0.15) is 5.52 Å². The number of anilines is 1. The number of hydrogen-bond acceptors (Lipinski definition) is 6. The van der Waals surface area contributed by atoms with E-state index in [1.807, 2.05) is 28.9 Å². The minimum Gasteiger partial charge on any atom is -0.355 e. The first-order chi connectivity index (χ1) is 14.3. The Bertz CT molecular complexity index is 1180. The Morgan fingerprint density at radius 3 is 2.62 bits per heavy atom. The quantitative estimate of drug-likeness (QED) is 0.534. The molecule has 5 heterocycles. The molecule has 0 amide bonds. The molecule has 0 radical (unpaired) electrons. The molecule has 0 saturated carbocycles. The second-order valence-electron chi connectivity index (χ2n) is 7.32. The Kier molecular flexibility index (Phi) is 4.51. The molecule has 0 aliphatic carbocycles. The predicted octanol–water partition coefficient (Wildman–Crippen LogP) is 2.26. The molecule has 0 aromatic carbocycles. The molecule has 146 valence electrons. The maximum atomic E-state index is 12.3. The van der Waals surface area contributed by atoms with Gasteiger partial charge in [-0.3, -0.25) is 9.78 Å². The molecule has 0 N–H and O–H groups in total. The van der Waals surface area contributed by atoms with Crippen LogP contribution in [0.15, 0.2) is 66.1 Å². The molecule has 1 fully saturated rings. The summed E-state index contributed by atoms with van der Waals surface area (Å²) in [6, 6.07) is 9.17. The van der Waals surface area contributed by atoms with E-state index >= 15 is 0 Å². The van der Waals surface area contributed by atoms with E-state index in [-0.39, 0.29) is 5.56 Å². The topological polar surface area (TPSA) is 81.2 Å². The van der Waals surface area contributed by atoms with Crippen LogP contribution in [-0.2, 0) is 6.54 Å². The summed E-state index contributed by atoms with van der Waals surface area (Å²) in [5, 5.41) is 8.87. The highest BCUT2D eigenvalue weighted by atomic mass is 16.1. The molecule has 0 atom stereocenters. The molecular formula is C21H21N7O. The van der Waals surface area contributed by atoms with Crippen LogP contribution in [0.4, 0.5) is 5.82 Å². The van der Waals surface area contributed by atoms with E-state index in [0.29, 0.717) is 12.5 Å². The van der Waals surface area contributed by atoms with Crippen molar-refractivity contribution in [3.63, 3.8) is 0 Å². The summed E-state index contributed by atoms with van der Waals surface area (Å²) in [6.07, 6.45) is 10.9. The molecule has 4 aromatic heterocycles. The summed E-state index contributed by atoms with van der Waals surface area (Å²) < 4.78 is 3.45. The van der Waals surface area contributed by atoms with Gasteiger partial charge in [0.15, 0.2) is 5.82 Å². The minimum absolute atomic E-state index is 0.0593. The fraction of sp³-hybridized carbons (Fsp3) is 0.286. The van der Waals surface area contributed by atoms with Crippen LogP contribution in [0.3, 0.4) is 0 Å². The van der Waals surface area contributed by atoms with Gasteiger partial charge in [-0.05, 0) is 43.0 Å². The molecule has 8 heteroatoms. The van der Waals surface area contributed by atoms with Crippen LogP contribution >= 0.6 is 0 Å². The highest BCUT2D eigenvalue weighted by molar-refractivity contribution is 5.68. The Balaban J connectivity index is 1.30. The first-order valence-electron chi connectivity index (χ1n) is 9.80. The van der Waals surface area contributed by atoms with Gasteiger partial charge in [0.25, 0.3) is 5.56 Å². The lowest BCUT2D eigenvalue weighted by Crippen LogP contribution is -2.37. The fourth-order valence-corrected chi connectivity index (χ4v) is 3.92. The van der Waals surface area contributed by atoms with E-state index in [1.54, 1.807) is 41.6 Å². The van der Waals surface area contributed by atoms with Crippen molar-refractivity contribution in [3.05, 3.63) is 71.7 Å². The monoisotopic (exact) mass is 387 g/mol. The summed E-state index contributed by atoms with van der Waals surface area (Å²) in [6.45, 7) is 2.44. The van der Waals surface area contributed by atoms with Gasteiger partial charge in [0.05, 0.1) is 11.9 Å². The first-order valence-corrected chi connectivity index (χ1v) is 9.80. The molecular weight excluding hydrogens is 366 g/mol. The SMILES string of the molecule is O=c1ccc(-c2ccncc2)nn1CC1CCN(c2nccn3nccc23)CC1. The molecule has 29 heavy (non-hydrogen) atoms. The second-order valence-corrected chi connectivity index (χ2v) is 7.32. The van der Waals surface area contributed by atoms with Gasteiger partial charge >= 0.3 is 0 Å². The van der Waals surface area contributed by atoms with Crippen molar-refractivity contribution in [2.75, 3.05) is 18.0 Å². The number of fused-ring (bicyclic) bond motifs is 1. The van der Waals surface area contributed by atoms with Crippen LogP contribution in [0, 0.1) is 5.92 Å². The van der Waals surface area contributed by atoms with Crippen molar-refractivity contribution in [2.24, 2.45) is 5.92 Å². The summed E-state index contributed by atoms with van der Waals surface area (Å²) in [5.74, 6) is 1.38. The minimum atomic E-state index is -0.0593. The lowest BCUT2D eigenvalue weighted by atomic mass is 9.97. The van der Waals surface area contributed by atoms with E-state index < -0.39 is 0 Å². The third kappa shape index (κ3) is 3.49. The molecule has 0 unspecified atom stereocenters. The Morgan fingerprint density at radius 1 is 0.966 bits per heavy atom. The van der Waals surface area contributed by atoms with Crippen LogP contribution in [0.5, 0.6) is 0 Å². The van der Waals surface area contributed by atoms with E-state index in [1.165, 1.54) is 0 Å². The van der Waals surface area contributed by atoms with Crippen molar-refractivity contribution in [1.29, 1.82) is 0 Å². The fourth-order valence-electron chi connectivity index (χ4n) is 3.92. The highest BCUT2D eigenvalue weighted by Gasteiger charge is 2.23. The third-order valence-electron chi connectivity index (χ3n) is 5.49. The zero-order valence-electron chi connectivity index (χ0n) is 15.9. The van der Waals surface area contributed by atoms with Crippen molar-refractivity contribution in [3.8, 4) is 11.3 Å². The molecule has 0 bridgehead atoms. The van der Waals surface area contributed by atoms with Gasteiger partial charge < -0.3 is 4.90 Å². The lowest BCUT2D eigenvalue weighted by molar-refractivity contribution is 0.335. The Hall–Kier alpha value is -3.55. The average molecular weight is 387 g/mol. The maximum absolute atomic E-state index is 12.3. The Morgan fingerprint density at radius 2 is 1.79 bits per heavy atom. The predicted molar refractivity (Wildman–Crippen MR) is 110 cm³/mol. The van der Waals surface area contributed by atoms with Crippen LogP contribution in [0.2, 0.25) is 0 Å². The molecule has 1 aliphatic rings. The average Bonchev–Trinajstić information content (AvgIpc) is 3.26. The summed E-state index contributed by atoms with van der Waals surface area (Å²) in [5.41, 5.74) is 2.72. The number of hydrogen-bond donors (Lipinski definition) is 0. The van der Waals surface area contributed by atoms with Crippen molar-refractivity contribution < 1.29 is 0 Å². The highest BCUT2D eigenvalue weighted by Crippen LogP contribution is 2.25. The van der Waals surface area contributed by atoms with Crippen LogP contribution < -0.4 is 10.5 Å². The van der Waals surface area contributed by atoms with E-state index in [0.717, 1.165) is 48.5 Å². The van der Waals surface area contributed by atoms with Crippen molar-refractivity contribution in [1.82, 2.24) is 29.4 Å². The number of pyridine rings is 1. The van der Waals surface area contributed by atoms with Crippen LogP contribution in [-0.4, -0.2) is 42.5 Å². The zero-order chi connectivity index (χ0) is 19.6. The first kappa shape index (κ1) is 17.5. The van der Waals surface area contributed by atoms with Crippen LogP contribution in [0.25, 0.3) is 16.8 Å². The summed E-state index contributed by atoms with van der Waals surface area (Å²) >= 11 is 0.